The summed E-state index contributed by atoms with van der Waals surface area (Å²) in [5.74, 6) is -1.29. The Hall–Kier alpha value is -3.59. The number of fused-ring (bicyclic) bond motifs is 3. The predicted octanol–water partition coefficient (Wildman–Crippen LogP) is 5.13. The summed E-state index contributed by atoms with van der Waals surface area (Å²) in [7, 11) is 0. The molecular weight excluding hydrogens is 488 g/mol. The van der Waals surface area contributed by atoms with Crippen molar-refractivity contribution in [3.05, 3.63) is 59.7 Å². The summed E-state index contributed by atoms with van der Waals surface area (Å²) >= 11 is 0. The lowest BCUT2D eigenvalue weighted by Gasteiger charge is -2.31. The number of carboxylic acid groups (broad SMARTS) is 1. The van der Waals surface area contributed by atoms with E-state index in [4.69, 9.17) is 14.2 Å². The van der Waals surface area contributed by atoms with Crippen molar-refractivity contribution in [1.29, 1.82) is 0 Å². The maximum Gasteiger partial charge on any atom is 0.412 e. The first-order valence-electron chi connectivity index (χ1n) is 12.9. The van der Waals surface area contributed by atoms with Gasteiger partial charge in [0.1, 0.15) is 24.0 Å². The molecule has 2 amide bonds. The third kappa shape index (κ3) is 6.10. The SMILES string of the molecule is CC(C)(C)OC(=O)N1C[C@@H](CC[C@@H](NC(=O)OCC2c3ccccc3-c3ccccc32)C(=O)O)OC1(C)C. The lowest BCUT2D eigenvalue weighted by atomic mass is 9.98. The Morgan fingerprint density at radius 2 is 1.66 bits per heavy atom. The summed E-state index contributed by atoms with van der Waals surface area (Å²) in [6.45, 7) is 9.26. The van der Waals surface area contributed by atoms with E-state index in [1.54, 1.807) is 34.6 Å². The zero-order chi connectivity index (χ0) is 27.7. The number of ether oxygens (including phenoxy) is 3. The van der Waals surface area contributed by atoms with E-state index in [9.17, 15) is 19.5 Å². The fourth-order valence-electron chi connectivity index (χ4n) is 5.09. The Morgan fingerprint density at radius 3 is 2.21 bits per heavy atom. The van der Waals surface area contributed by atoms with Crippen LogP contribution in [0.25, 0.3) is 11.1 Å². The maximum atomic E-state index is 12.6. The van der Waals surface area contributed by atoms with Crippen LogP contribution in [0.4, 0.5) is 9.59 Å². The largest absolute Gasteiger partial charge is 0.480 e. The number of hydrogen-bond acceptors (Lipinski definition) is 6. The molecular formula is C29H36N2O7. The highest BCUT2D eigenvalue weighted by Crippen LogP contribution is 2.44. The van der Waals surface area contributed by atoms with Crippen molar-refractivity contribution in [1.82, 2.24) is 10.2 Å². The van der Waals surface area contributed by atoms with E-state index in [1.807, 2.05) is 48.5 Å². The summed E-state index contributed by atoms with van der Waals surface area (Å²) in [6.07, 6.45) is -1.24. The molecule has 0 radical (unpaired) electrons. The number of nitrogens with one attached hydrogen (secondary N) is 1. The molecule has 2 aliphatic rings. The first kappa shape index (κ1) is 27.4. The molecule has 1 heterocycles. The molecule has 2 aromatic carbocycles. The van der Waals surface area contributed by atoms with E-state index in [2.05, 4.69) is 5.32 Å². The van der Waals surface area contributed by atoms with Gasteiger partial charge < -0.3 is 24.6 Å². The first-order chi connectivity index (χ1) is 17.9. The second kappa shape index (κ2) is 10.6. The number of alkyl carbamates (subject to hydrolysis) is 1. The Bertz CT molecular complexity index is 1160. The molecule has 1 fully saturated rings. The van der Waals surface area contributed by atoms with Gasteiger partial charge >= 0.3 is 18.2 Å². The molecule has 2 atom stereocenters. The van der Waals surface area contributed by atoms with E-state index in [0.717, 1.165) is 22.3 Å². The summed E-state index contributed by atoms with van der Waals surface area (Å²) in [4.78, 5) is 38.6. The zero-order valence-corrected chi connectivity index (χ0v) is 22.5. The van der Waals surface area contributed by atoms with Crippen LogP contribution in [0.3, 0.4) is 0 Å². The number of nitrogens with zero attached hydrogens (tertiary/aromatic N) is 1. The van der Waals surface area contributed by atoms with Gasteiger partial charge in [-0.25, -0.2) is 14.4 Å². The van der Waals surface area contributed by atoms with Gasteiger partial charge in [0, 0.05) is 5.92 Å². The van der Waals surface area contributed by atoms with Crippen LogP contribution in [0.2, 0.25) is 0 Å². The van der Waals surface area contributed by atoms with Crippen LogP contribution >= 0.6 is 0 Å². The highest BCUT2D eigenvalue weighted by molar-refractivity contribution is 5.81. The third-order valence-electron chi connectivity index (χ3n) is 6.82. The maximum absolute atomic E-state index is 12.6. The topological polar surface area (TPSA) is 114 Å². The summed E-state index contributed by atoms with van der Waals surface area (Å²) in [6, 6.07) is 14.8. The number of hydrogen-bond donors (Lipinski definition) is 2. The molecule has 38 heavy (non-hydrogen) atoms. The van der Waals surface area contributed by atoms with Crippen molar-refractivity contribution in [3.8, 4) is 11.1 Å². The molecule has 0 saturated carbocycles. The lowest BCUT2D eigenvalue weighted by Crippen LogP contribution is -2.46. The Kier molecular flexibility index (Phi) is 7.69. The fourth-order valence-corrected chi connectivity index (χ4v) is 5.09. The molecule has 0 bridgehead atoms. The second-order valence-corrected chi connectivity index (χ2v) is 11.2. The minimum atomic E-state index is -1.17. The monoisotopic (exact) mass is 524 g/mol. The molecule has 1 saturated heterocycles. The number of carboxylic acids is 1. The molecule has 4 rings (SSSR count). The van der Waals surface area contributed by atoms with E-state index in [-0.39, 0.29) is 25.5 Å². The van der Waals surface area contributed by atoms with Crippen LogP contribution in [0.15, 0.2) is 48.5 Å². The van der Waals surface area contributed by atoms with Gasteiger partial charge in [0.2, 0.25) is 0 Å². The minimum absolute atomic E-state index is 0.0942. The first-order valence-corrected chi connectivity index (χ1v) is 12.9. The van der Waals surface area contributed by atoms with Gasteiger partial charge in [0.05, 0.1) is 12.6 Å². The van der Waals surface area contributed by atoms with Crippen LogP contribution in [-0.2, 0) is 19.0 Å². The van der Waals surface area contributed by atoms with Crippen molar-refractivity contribution < 1.29 is 33.7 Å². The standard InChI is InChI=1S/C29H36N2O7/c1-28(2,3)38-27(35)31-16-18(37-29(31,4)5)14-15-24(25(32)33)30-26(34)36-17-23-21-12-8-6-10-19(21)20-11-7-9-13-22(20)23/h6-13,18,23-24H,14-17H2,1-5H3,(H,30,34)(H,32,33)/t18-,24-/m1/s1. The number of carbonyl (C=O) groups excluding carboxylic acids is 2. The fraction of sp³-hybridized carbons (Fsp3) is 0.483. The average Bonchev–Trinajstić information content (AvgIpc) is 3.32. The van der Waals surface area contributed by atoms with E-state index < -0.39 is 41.6 Å². The Morgan fingerprint density at radius 1 is 1.08 bits per heavy atom. The zero-order valence-electron chi connectivity index (χ0n) is 22.5. The molecule has 9 heteroatoms. The molecule has 2 N–H and O–H groups in total. The third-order valence-corrected chi connectivity index (χ3v) is 6.82. The van der Waals surface area contributed by atoms with Crippen LogP contribution in [0.1, 0.15) is 64.5 Å². The Labute approximate surface area is 223 Å². The number of amides is 2. The molecule has 1 aliphatic carbocycles. The molecule has 0 unspecified atom stereocenters. The lowest BCUT2D eigenvalue weighted by molar-refractivity contribution is -0.139. The molecule has 9 nitrogen and oxygen atoms in total. The molecule has 2 aromatic rings. The highest BCUT2D eigenvalue weighted by atomic mass is 16.6. The van der Waals surface area contributed by atoms with Gasteiger partial charge in [0.15, 0.2) is 0 Å². The van der Waals surface area contributed by atoms with Crippen molar-refractivity contribution in [2.45, 2.75) is 76.9 Å². The highest BCUT2D eigenvalue weighted by Gasteiger charge is 2.44. The van der Waals surface area contributed by atoms with Gasteiger partial charge in [-0.05, 0) is 69.7 Å². The predicted molar refractivity (Wildman–Crippen MR) is 141 cm³/mol. The van der Waals surface area contributed by atoms with Gasteiger partial charge in [-0.15, -0.1) is 0 Å². The van der Waals surface area contributed by atoms with Gasteiger partial charge in [-0.1, -0.05) is 48.5 Å². The Balaban J connectivity index is 1.32. The number of rotatable bonds is 7. The van der Waals surface area contributed by atoms with Gasteiger partial charge in [0.25, 0.3) is 0 Å². The molecule has 0 spiro atoms. The number of benzene rings is 2. The van der Waals surface area contributed by atoms with Crippen LogP contribution in [0.5, 0.6) is 0 Å². The minimum Gasteiger partial charge on any atom is -0.480 e. The second-order valence-electron chi connectivity index (χ2n) is 11.2. The number of carbonyl (C=O) groups is 3. The molecule has 0 aromatic heterocycles. The average molecular weight is 525 g/mol. The van der Waals surface area contributed by atoms with Crippen LogP contribution in [0, 0.1) is 0 Å². The van der Waals surface area contributed by atoms with Gasteiger partial charge in [-0.3, -0.25) is 4.90 Å². The van der Waals surface area contributed by atoms with Crippen LogP contribution in [-0.4, -0.2) is 64.8 Å². The molecule has 1 aliphatic heterocycles. The number of aliphatic carboxylic acids is 1. The summed E-state index contributed by atoms with van der Waals surface area (Å²) in [5, 5.41) is 12.2. The van der Waals surface area contributed by atoms with Crippen molar-refractivity contribution in [2.75, 3.05) is 13.2 Å². The molecule has 204 valence electrons. The van der Waals surface area contributed by atoms with Crippen LogP contribution < -0.4 is 5.32 Å². The summed E-state index contributed by atoms with van der Waals surface area (Å²) < 4.78 is 17.0. The van der Waals surface area contributed by atoms with Crippen molar-refractivity contribution >= 4 is 18.2 Å². The van der Waals surface area contributed by atoms with Crippen molar-refractivity contribution in [3.63, 3.8) is 0 Å². The van der Waals surface area contributed by atoms with Crippen molar-refractivity contribution in [2.24, 2.45) is 0 Å². The quantitative estimate of drug-likeness (QED) is 0.516. The normalized spacial score (nSPS) is 18.9. The van der Waals surface area contributed by atoms with Gasteiger partial charge in [-0.2, -0.15) is 0 Å². The van der Waals surface area contributed by atoms with E-state index in [0.29, 0.717) is 6.42 Å². The van der Waals surface area contributed by atoms with E-state index in [1.165, 1.54) is 4.90 Å². The van der Waals surface area contributed by atoms with E-state index >= 15 is 0 Å². The smallest absolute Gasteiger partial charge is 0.412 e. The summed E-state index contributed by atoms with van der Waals surface area (Å²) in [5.41, 5.74) is 2.83.